The Kier molecular flexibility index (Phi) is 29.7. The van der Waals surface area contributed by atoms with Gasteiger partial charge in [0, 0.05) is 22.3 Å². The molecule has 0 radical (unpaired) electrons. The Morgan fingerprint density at radius 2 is 0.775 bits per heavy atom. The first-order valence-corrected chi connectivity index (χ1v) is 13.3. The second-order valence-electron chi connectivity index (χ2n) is 8.53. The molecule has 0 spiro atoms. The second-order valence-corrected chi connectivity index (χ2v) is 8.53. The van der Waals surface area contributed by atoms with Gasteiger partial charge in [-0.2, -0.15) is 0 Å². The number of hydrogen-bond donors (Lipinski definition) is 0. The molecule has 0 aliphatic rings. The first-order valence-electron chi connectivity index (χ1n) is 13.3. The lowest BCUT2D eigenvalue weighted by Gasteiger charge is -2.07. The Hall–Kier alpha value is -3.24. The van der Waals surface area contributed by atoms with Crippen LogP contribution >= 0.6 is 0 Å². The number of esters is 4. The third-order valence-electron chi connectivity index (χ3n) is 4.19. The minimum absolute atomic E-state index is 0.182. The molecule has 0 bridgehead atoms. The molecular formula is C30H50O10. The maximum atomic E-state index is 11.0. The van der Waals surface area contributed by atoms with E-state index in [1.807, 2.05) is 0 Å². The average Bonchev–Trinajstić information content (AvgIpc) is 2.89. The molecule has 0 aliphatic heterocycles. The lowest BCUT2D eigenvalue weighted by atomic mass is 10.2. The minimum Gasteiger partial charge on any atom is -0.463 e. The molecule has 0 aromatic carbocycles. The molecule has 0 saturated carbocycles. The Balaban J connectivity index is -0.000000578. The third-order valence-corrected chi connectivity index (χ3v) is 4.19. The molecule has 0 heterocycles. The van der Waals surface area contributed by atoms with Crippen molar-refractivity contribution in [1.82, 2.24) is 0 Å². The molecule has 0 saturated heterocycles. The lowest BCUT2D eigenvalue weighted by molar-refractivity contribution is -0.142. The fourth-order valence-corrected chi connectivity index (χ4v) is 2.03. The number of hydrogen-bond acceptors (Lipinski definition) is 10. The molecule has 230 valence electrons. The summed E-state index contributed by atoms with van der Waals surface area (Å²) in [7, 11) is 0. The highest BCUT2D eigenvalue weighted by Gasteiger charge is 2.03. The Morgan fingerprint density at radius 1 is 0.450 bits per heavy atom. The van der Waals surface area contributed by atoms with Gasteiger partial charge in [0.1, 0.15) is 13.2 Å². The first kappa shape index (κ1) is 41.2. The zero-order chi connectivity index (χ0) is 31.3. The van der Waals surface area contributed by atoms with E-state index < -0.39 is 11.9 Å². The topological polar surface area (TPSA) is 124 Å². The zero-order valence-corrected chi connectivity index (χ0v) is 25.4. The van der Waals surface area contributed by atoms with Crippen LogP contribution in [0.3, 0.4) is 0 Å². The van der Waals surface area contributed by atoms with E-state index in [-0.39, 0.29) is 25.2 Å². The standard InChI is InChI=1S/C14H22O6.C10H18O2.C6H10O2/c1-11(2)13(15)19-9-7-17-5-6-18-8-10-20-14(16)12(3)4;1-4-5-6-7-8-12-10(11)9(2)3;1-4-8-6(7)5(2)3/h1,3,5-10H2,2,4H3;2,4-8H2,1,3H3;2,4H2,1,3H3. The van der Waals surface area contributed by atoms with E-state index in [4.69, 9.17) is 23.7 Å². The van der Waals surface area contributed by atoms with Gasteiger partial charge in [0.2, 0.25) is 0 Å². The third kappa shape index (κ3) is 31.0. The van der Waals surface area contributed by atoms with Gasteiger partial charge >= 0.3 is 23.9 Å². The van der Waals surface area contributed by atoms with Crippen LogP contribution in [0.2, 0.25) is 0 Å². The van der Waals surface area contributed by atoms with E-state index in [1.54, 1.807) is 34.6 Å². The van der Waals surface area contributed by atoms with E-state index in [9.17, 15) is 19.2 Å². The van der Waals surface area contributed by atoms with E-state index in [1.165, 1.54) is 12.8 Å². The van der Waals surface area contributed by atoms with Gasteiger partial charge in [-0.3, -0.25) is 0 Å². The summed E-state index contributed by atoms with van der Waals surface area (Å²) in [5.41, 5.74) is 1.65. The van der Waals surface area contributed by atoms with Crippen molar-refractivity contribution in [2.75, 3.05) is 52.9 Å². The van der Waals surface area contributed by atoms with E-state index in [2.05, 4.69) is 38.0 Å². The number of ether oxygens (including phenoxy) is 6. The van der Waals surface area contributed by atoms with Crippen LogP contribution < -0.4 is 0 Å². The van der Waals surface area contributed by atoms with Crippen LogP contribution in [0.5, 0.6) is 0 Å². The summed E-state index contributed by atoms with van der Waals surface area (Å²) >= 11 is 0. The maximum Gasteiger partial charge on any atom is 0.333 e. The van der Waals surface area contributed by atoms with Crippen molar-refractivity contribution in [2.24, 2.45) is 0 Å². The number of unbranched alkanes of at least 4 members (excludes halogenated alkanes) is 3. The van der Waals surface area contributed by atoms with Gasteiger partial charge in [0.05, 0.1) is 39.6 Å². The number of carbonyl (C=O) groups is 4. The molecule has 0 N–H and O–H groups in total. The summed E-state index contributed by atoms with van der Waals surface area (Å²) in [6, 6.07) is 0. The van der Waals surface area contributed by atoms with E-state index in [0.29, 0.717) is 61.9 Å². The molecule has 10 heteroatoms. The fraction of sp³-hybridized carbons (Fsp3) is 0.600. The molecule has 0 aliphatic carbocycles. The fourth-order valence-electron chi connectivity index (χ4n) is 2.03. The maximum absolute atomic E-state index is 11.0. The predicted molar refractivity (Wildman–Crippen MR) is 155 cm³/mol. The minimum atomic E-state index is -0.427. The second kappa shape index (κ2) is 28.8. The summed E-state index contributed by atoms with van der Waals surface area (Å²) in [5, 5.41) is 0. The molecule has 0 unspecified atom stereocenters. The van der Waals surface area contributed by atoms with Crippen LogP contribution in [0, 0.1) is 0 Å². The van der Waals surface area contributed by atoms with Gasteiger partial charge in [-0.15, -0.1) is 0 Å². The summed E-state index contributed by atoms with van der Waals surface area (Å²) in [5.74, 6) is -1.44. The summed E-state index contributed by atoms with van der Waals surface area (Å²) in [6.07, 6.45) is 4.52. The van der Waals surface area contributed by atoms with Crippen molar-refractivity contribution >= 4 is 23.9 Å². The first-order chi connectivity index (χ1) is 18.8. The smallest absolute Gasteiger partial charge is 0.333 e. The largest absolute Gasteiger partial charge is 0.463 e. The Bertz CT molecular complexity index is 764. The van der Waals surface area contributed by atoms with Crippen molar-refractivity contribution in [3.05, 3.63) is 48.6 Å². The van der Waals surface area contributed by atoms with E-state index >= 15 is 0 Å². The van der Waals surface area contributed by atoms with Gasteiger partial charge in [-0.1, -0.05) is 52.5 Å². The van der Waals surface area contributed by atoms with Gasteiger partial charge < -0.3 is 28.4 Å². The molecule has 40 heavy (non-hydrogen) atoms. The molecule has 10 nitrogen and oxygen atoms in total. The number of carbonyl (C=O) groups excluding carboxylic acids is 4. The van der Waals surface area contributed by atoms with Gasteiger partial charge in [0.15, 0.2) is 0 Å². The Morgan fingerprint density at radius 3 is 1.07 bits per heavy atom. The molecule has 0 fully saturated rings. The van der Waals surface area contributed by atoms with Crippen molar-refractivity contribution in [2.45, 2.75) is 67.2 Å². The predicted octanol–water partition coefficient (Wildman–Crippen LogP) is 5.07. The highest BCUT2D eigenvalue weighted by Crippen LogP contribution is 2.00. The average molecular weight is 571 g/mol. The highest BCUT2D eigenvalue weighted by molar-refractivity contribution is 5.88. The van der Waals surface area contributed by atoms with Crippen LogP contribution in [0.4, 0.5) is 0 Å². The lowest BCUT2D eigenvalue weighted by Crippen LogP contribution is -2.15. The van der Waals surface area contributed by atoms with Crippen LogP contribution in [0.25, 0.3) is 0 Å². The highest BCUT2D eigenvalue weighted by atomic mass is 16.6. The van der Waals surface area contributed by atoms with Crippen LogP contribution in [0.15, 0.2) is 48.6 Å². The SMILES string of the molecule is C=C(C)C(=O)OCC.C=C(C)C(=O)OCCCCCC.C=C(C)C(=O)OCCOCCOCCOC(=O)C(=C)C. The van der Waals surface area contributed by atoms with Gasteiger partial charge in [0.25, 0.3) is 0 Å². The quantitative estimate of drug-likeness (QED) is 0.0900. The monoisotopic (exact) mass is 570 g/mol. The molecule has 0 aromatic heterocycles. The van der Waals surface area contributed by atoms with Crippen molar-refractivity contribution < 1.29 is 47.6 Å². The normalized spacial score (nSPS) is 9.45. The van der Waals surface area contributed by atoms with Crippen molar-refractivity contribution in [3.63, 3.8) is 0 Å². The van der Waals surface area contributed by atoms with Gasteiger partial charge in [-0.05, 0) is 41.0 Å². The molecular weight excluding hydrogens is 520 g/mol. The Labute approximate surface area is 240 Å². The van der Waals surface area contributed by atoms with Crippen LogP contribution in [0.1, 0.15) is 67.2 Å². The van der Waals surface area contributed by atoms with E-state index in [0.717, 1.165) is 12.8 Å². The molecule has 0 atom stereocenters. The number of rotatable bonds is 19. The summed E-state index contributed by atoms with van der Waals surface area (Å²) in [4.78, 5) is 43.3. The van der Waals surface area contributed by atoms with Gasteiger partial charge in [-0.25, -0.2) is 19.2 Å². The van der Waals surface area contributed by atoms with Crippen molar-refractivity contribution in [1.29, 1.82) is 0 Å². The molecule has 0 amide bonds. The van der Waals surface area contributed by atoms with Crippen LogP contribution in [-0.2, 0) is 47.6 Å². The zero-order valence-electron chi connectivity index (χ0n) is 25.4. The van der Waals surface area contributed by atoms with Crippen molar-refractivity contribution in [3.8, 4) is 0 Å². The molecule has 0 aromatic rings. The summed E-state index contributed by atoms with van der Waals surface area (Å²) in [6.45, 7) is 26.8. The van der Waals surface area contributed by atoms with Crippen LogP contribution in [-0.4, -0.2) is 76.7 Å². The molecule has 0 rings (SSSR count). The summed E-state index contributed by atoms with van der Waals surface area (Å²) < 4.78 is 29.5.